The SMILES string of the molecule is Cc1ccc(C2/C(=C(\O)c3ccc(Cl)cc3)C(=O)C(=O)N2c2nnc(C(C)C)s2)cc1. The smallest absolute Gasteiger partial charge is 0.301 e. The number of nitrogens with zero attached hydrogens (tertiary/aromatic N) is 3. The van der Waals surface area contributed by atoms with Crippen molar-refractivity contribution in [3.8, 4) is 0 Å². The third kappa shape index (κ3) is 3.86. The molecule has 1 aliphatic rings. The molecule has 2 heterocycles. The van der Waals surface area contributed by atoms with Crippen molar-refractivity contribution < 1.29 is 14.7 Å². The van der Waals surface area contributed by atoms with Gasteiger partial charge >= 0.3 is 5.91 Å². The highest BCUT2D eigenvalue weighted by atomic mass is 35.5. The summed E-state index contributed by atoms with van der Waals surface area (Å²) in [6.07, 6.45) is 0. The lowest BCUT2D eigenvalue weighted by molar-refractivity contribution is -0.132. The van der Waals surface area contributed by atoms with E-state index in [2.05, 4.69) is 10.2 Å². The number of aliphatic hydroxyl groups is 1. The number of halogens is 1. The maximum Gasteiger partial charge on any atom is 0.301 e. The molecule has 1 amide bonds. The van der Waals surface area contributed by atoms with E-state index in [1.807, 2.05) is 45.0 Å². The molecule has 3 aromatic rings. The largest absolute Gasteiger partial charge is 0.507 e. The van der Waals surface area contributed by atoms with E-state index >= 15 is 0 Å². The number of ketones is 1. The van der Waals surface area contributed by atoms with Crippen LogP contribution in [0.5, 0.6) is 0 Å². The number of aryl methyl sites for hydroxylation is 1. The summed E-state index contributed by atoms with van der Waals surface area (Å²) in [5, 5.41) is 21.0. The van der Waals surface area contributed by atoms with Crippen molar-refractivity contribution in [2.75, 3.05) is 4.90 Å². The van der Waals surface area contributed by atoms with Gasteiger partial charge in [0.25, 0.3) is 5.78 Å². The predicted molar refractivity (Wildman–Crippen MR) is 121 cm³/mol. The monoisotopic (exact) mass is 453 g/mol. The number of hydrogen-bond acceptors (Lipinski definition) is 6. The summed E-state index contributed by atoms with van der Waals surface area (Å²) in [7, 11) is 0. The van der Waals surface area contributed by atoms with E-state index in [4.69, 9.17) is 11.6 Å². The van der Waals surface area contributed by atoms with Crippen LogP contribution in [0.1, 0.15) is 47.5 Å². The first-order valence-electron chi connectivity index (χ1n) is 9.75. The Balaban J connectivity index is 1.91. The van der Waals surface area contributed by atoms with Gasteiger partial charge in [-0.25, -0.2) is 0 Å². The van der Waals surface area contributed by atoms with E-state index in [-0.39, 0.29) is 17.3 Å². The van der Waals surface area contributed by atoms with Gasteiger partial charge in [-0.2, -0.15) is 0 Å². The van der Waals surface area contributed by atoms with Crippen molar-refractivity contribution in [2.45, 2.75) is 32.7 Å². The lowest BCUT2D eigenvalue weighted by Gasteiger charge is -2.22. The third-order valence-corrected chi connectivity index (χ3v) is 6.56. The van der Waals surface area contributed by atoms with Gasteiger partial charge in [0.1, 0.15) is 10.8 Å². The van der Waals surface area contributed by atoms with Crippen LogP contribution in [0, 0.1) is 6.92 Å². The van der Waals surface area contributed by atoms with E-state index in [0.717, 1.165) is 10.6 Å². The second-order valence-electron chi connectivity index (χ2n) is 7.66. The Kier molecular flexibility index (Phi) is 5.64. The highest BCUT2D eigenvalue weighted by Crippen LogP contribution is 2.43. The zero-order valence-electron chi connectivity index (χ0n) is 17.2. The first-order valence-corrected chi connectivity index (χ1v) is 10.9. The number of benzene rings is 2. The molecule has 0 spiro atoms. The van der Waals surface area contributed by atoms with Crippen LogP contribution in [0.15, 0.2) is 54.1 Å². The predicted octanol–water partition coefficient (Wildman–Crippen LogP) is 5.25. The van der Waals surface area contributed by atoms with Gasteiger partial charge in [0, 0.05) is 16.5 Å². The second kappa shape index (κ2) is 8.24. The molecule has 0 aliphatic carbocycles. The zero-order valence-corrected chi connectivity index (χ0v) is 18.7. The second-order valence-corrected chi connectivity index (χ2v) is 9.09. The molecule has 1 N–H and O–H groups in total. The van der Waals surface area contributed by atoms with Gasteiger partial charge in [0.2, 0.25) is 5.13 Å². The van der Waals surface area contributed by atoms with Crippen LogP contribution < -0.4 is 4.90 Å². The minimum absolute atomic E-state index is 0.0115. The average Bonchev–Trinajstić information content (AvgIpc) is 3.32. The zero-order chi connectivity index (χ0) is 22.3. The number of rotatable bonds is 4. The molecule has 31 heavy (non-hydrogen) atoms. The van der Waals surface area contributed by atoms with Crippen molar-refractivity contribution in [3.63, 3.8) is 0 Å². The van der Waals surface area contributed by atoms with Gasteiger partial charge in [0.15, 0.2) is 0 Å². The van der Waals surface area contributed by atoms with Gasteiger partial charge in [-0.3, -0.25) is 14.5 Å². The van der Waals surface area contributed by atoms with Gasteiger partial charge in [-0.15, -0.1) is 10.2 Å². The van der Waals surface area contributed by atoms with E-state index in [1.54, 1.807) is 24.3 Å². The highest BCUT2D eigenvalue weighted by Gasteiger charge is 2.48. The van der Waals surface area contributed by atoms with Gasteiger partial charge in [-0.05, 0) is 36.8 Å². The van der Waals surface area contributed by atoms with Crippen molar-refractivity contribution >= 4 is 45.5 Å². The molecule has 0 saturated carbocycles. The molecule has 0 radical (unpaired) electrons. The Bertz CT molecular complexity index is 1180. The van der Waals surface area contributed by atoms with Crippen LogP contribution in [0.4, 0.5) is 5.13 Å². The van der Waals surface area contributed by atoms with Gasteiger partial charge in [-0.1, -0.05) is 66.6 Å². The average molecular weight is 454 g/mol. The standard InChI is InChI=1S/C23H20ClN3O3S/c1-12(2)21-25-26-23(31-21)27-18(14-6-4-13(3)5-7-14)17(20(29)22(27)30)19(28)15-8-10-16(24)11-9-15/h4-12,18,28H,1-3H3/b19-17+. The summed E-state index contributed by atoms with van der Waals surface area (Å²) in [4.78, 5) is 27.5. The molecule has 0 bridgehead atoms. The molecule has 1 saturated heterocycles. The first kappa shape index (κ1) is 21.2. The van der Waals surface area contributed by atoms with Crippen LogP contribution in [0.2, 0.25) is 5.02 Å². The molecule has 1 unspecified atom stereocenters. The Morgan fingerprint density at radius 3 is 2.29 bits per heavy atom. The summed E-state index contributed by atoms with van der Waals surface area (Å²) in [6.45, 7) is 5.92. The molecule has 8 heteroatoms. The summed E-state index contributed by atoms with van der Waals surface area (Å²) >= 11 is 7.22. The molecule has 1 aromatic heterocycles. The number of anilines is 1. The normalized spacial score (nSPS) is 18.2. The molecule has 1 aliphatic heterocycles. The van der Waals surface area contributed by atoms with Crippen molar-refractivity contribution in [1.29, 1.82) is 0 Å². The molecule has 6 nitrogen and oxygen atoms in total. The van der Waals surface area contributed by atoms with Gasteiger partial charge < -0.3 is 5.11 Å². The van der Waals surface area contributed by atoms with Crippen molar-refractivity contribution in [1.82, 2.24) is 10.2 Å². The van der Waals surface area contributed by atoms with Crippen molar-refractivity contribution in [3.05, 3.63) is 80.8 Å². The maximum atomic E-state index is 13.1. The van der Waals surface area contributed by atoms with Crippen LogP contribution in [-0.2, 0) is 9.59 Å². The fraction of sp³-hybridized carbons (Fsp3) is 0.217. The Morgan fingerprint density at radius 2 is 1.71 bits per heavy atom. The molecule has 1 fully saturated rings. The molecule has 158 valence electrons. The van der Waals surface area contributed by atoms with E-state index in [9.17, 15) is 14.7 Å². The van der Waals surface area contributed by atoms with Crippen LogP contribution in [-0.4, -0.2) is 27.0 Å². The number of carbonyl (C=O) groups is 2. The minimum atomic E-state index is -0.816. The van der Waals surface area contributed by atoms with E-state index in [1.165, 1.54) is 16.2 Å². The molecular formula is C23H20ClN3O3S. The fourth-order valence-corrected chi connectivity index (χ4v) is 4.41. The molecule has 1 atom stereocenters. The Morgan fingerprint density at radius 1 is 1.06 bits per heavy atom. The van der Waals surface area contributed by atoms with Crippen LogP contribution in [0.3, 0.4) is 0 Å². The fourth-order valence-electron chi connectivity index (χ4n) is 3.41. The Hall–Kier alpha value is -3.03. The minimum Gasteiger partial charge on any atom is -0.507 e. The molecular weight excluding hydrogens is 434 g/mol. The van der Waals surface area contributed by atoms with Gasteiger partial charge in [0.05, 0.1) is 11.6 Å². The summed E-state index contributed by atoms with van der Waals surface area (Å²) in [6, 6.07) is 13.1. The molecule has 4 rings (SSSR count). The number of hydrogen-bond donors (Lipinski definition) is 1. The summed E-state index contributed by atoms with van der Waals surface area (Å²) < 4.78 is 0. The lowest BCUT2D eigenvalue weighted by Crippen LogP contribution is -2.29. The highest BCUT2D eigenvalue weighted by molar-refractivity contribution is 7.15. The number of carbonyl (C=O) groups excluding carboxylic acids is 2. The Labute approximate surface area is 188 Å². The first-order chi connectivity index (χ1) is 14.8. The quantitative estimate of drug-likeness (QED) is 0.331. The summed E-state index contributed by atoms with van der Waals surface area (Å²) in [5.74, 6) is -1.63. The van der Waals surface area contributed by atoms with E-state index in [0.29, 0.717) is 21.3 Å². The number of Topliss-reactive ketones (excluding diaryl/α,β-unsaturated/α-hetero) is 1. The third-order valence-electron chi connectivity index (χ3n) is 5.09. The van der Waals surface area contributed by atoms with Crippen LogP contribution in [0.25, 0.3) is 5.76 Å². The topological polar surface area (TPSA) is 83.4 Å². The number of aromatic nitrogens is 2. The van der Waals surface area contributed by atoms with Crippen molar-refractivity contribution in [2.24, 2.45) is 0 Å². The number of amides is 1. The number of aliphatic hydroxyl groups excluding tert-OH is 1. The maximum absolute atomic E-state index is 13.1. The lowest BCUT2D eigenvalue weighted by atomic mass is 9.95. The molecule has 2 aromatic carbocycles. The van der Waals surface area contributed by atoms with E-state index < -0.39 is 17.7 Å². The van der Waals surface area contributed by atoms with Crippen LogP contribution >= 0.6 is 22.9 Å². The summed E-state index contributed by atoms with van der Waals surface area (Å²) in [5.41, 5.74) is 2.15.